The molecule has 1 N–H and O–H groups in total. The lowest BCUT2D eigenvalue weighted by Crippen LogP contribution is -2.26. The summed E-state index contributed by atoms with van der Waals surface area (Å²) >= 11 is 4.94. The van der Waals surface area contributed by atoms with Gasteiger partial charge in [-0.15, -0.1) is 11.3 Å². The van der Waals surface area contributed by atoms with Crippen molar-refractivity contribution in [3.05, 3.63) is 50.3 Å². The van der Waals surface area contributed by atoms with Gasteiger partial charge in [-0.1, -0.05) is 36.7 Å². The van der Waals surface area contributed by atoms with Gasteiger partial charge >= 0.3 is 0 Å². The van der Waals surface area contributed by atoms with Crippen molar-refractivity contribution < 1.29 is 4.79 Å². The molecule has 0 bridgehead atoms. The smallest absolute Gasteiger partial charge is 0.256 e. The number of nitrogens with zero attached hydrogens (tertiary/aromatic N) is 1. The molecule has 0 saturated carbocycles. The molecule has 130 valence electrons. The highest BCUT2D eigenvalue weighted by molar-refractivity contribution is 9.10. The Kier molecular flexibility index (Phi) is 5.04. The fraction of sp³-hybridized carbons (Fsp3) is 0.400. The van der Waals surface area contributed by atoms with E-state index in [0.717, 1.165) is 29.3 Å². The first-order valence-corrected chi connectivity index (χ1v) is 10.0. The number of benzene rings is 1. The number of fused-ring (bicyclic) bond motifs is 1. The first-order valence-electron chi connectivity index (χ1n) is 8.41. The van der Waals surface area contributed by atoms with Gasteiger partial charge in [0.05, 0.1) is 5.56 Å². The van der Waals surface area contributed by atoms with Gasteiger partial charge in [0.2, 0.25) is 0 Å². The Morgan fingerprint density at radius 1 is 1.32 bits per heavy atom. The molecule has 1 heterocycles. The van der Waals surface area contributed by atoms with Crippen LogP contribution in [0.1, 0.15) is 53.6 Å². The number of rotatable bonds is 2. The number of hydrogen-bond donors (Lipinski definition) is 1. The number of halogens is 1. The van der Waals surface area contributed by atoms with Gasteiger partial charge in [-0.25, -0.2) is 0 Å². The second kappa shape index (κ2) is 6.93. The van der Waals surface area contributed by atoms with Crippen LogP contribution in [0.5, 0.6) is 0 Å². The Balaban J connectivity index is 1.86. The number of anilines is 1. The third-order valence-corrected chi connectivity index (χ3v) is 6.63. The number of nitriles is 1. The van der Waals surface area contributed by atoms with E-state index in [0.29, 0.717) is 22.0 Å². The van der Waals surface area contributed by atoms with Crippen LogP contribution in [0, 0.1) is 22.7 Å². The van der Waals surface area contributed by atoms with Gasteiger partial charge in [0.25, 0.3) is 5.91 Å². The molecule has 0 fully saturated rings. The first kappa shape index (κ1) is 18.2. The summed E-state index contributed by atoms with van der Waals surface area (Å²) in [5.74, 6) is 0.440. The molecule has 5 heteroatoms. The van der Waals surface area contributed by atoms with Crippen LogP contribution in [0.15, 0.2) is 28.7 Å². The van der Waals surface area contributed by atoms with Crippen molar-refractivity contribution in [2.45, 2.75) is 40.0 Å². The molecular weight excluding hydrogens is 396 g/mol. The predicted octanol–water partition coefficient (Wildman–Crippen LogP) is 5.79. The van der Waals surface area contributed by atoms with Crippen molar-refractivity contribution in [3.63, 3.8) is 0 Å². The molecule has 1 aliphatic carbocycles. The molecule has 3 rings (SSSR count). The zero-order valence-electron chi connectivity index (χ0n) is 14.6. The Bertz CT molecular complexity index is 840. The van der Waals surface area contributed by atoms with E-state index in [4.69, 9.17) is 0 Å². The summed E-state index contributed by atoms with van der Waals surface area (Å²) in [4.78, 5) is 13.8. The maximum Gasteiger partial charge on any atom is 0.256 e. The van der Waals surface area contributed by atoms with Crippen LogP contribution in [0.4, 0.5) is 5.00 Å². The van der Waals surface area contributed by atoms with E-state index in [1.54, 1.807) is 23.5 Å². The molecule has 0 aliphatic heterocycles. The van der Waals surface area contributed by atoms with E-state index < -0.39 is 0 Å². The number of carbonyl (C=O) groups is 1. The molecule has 0 saturated heterocycles. The molecule has 1 aromatic heterocycles. The van der Waals surface area contributed by atoms with Crippen LogP contribution in [0.3, 0.4) is 0 Å². The molecule has 1 amide bonds. The molecule has 2 aromatic rings. The Hall–Kier alpha value is -1.64. The average Bonchev–Trinajstić information content (AvgIpc) is 2.90. The lowest BCUT2D eigenvalue weighted by Gasteiger charge is -2.33. The molecule has 0 spiro atoms. The van der Waals surface area contributed by atoms with E-state index in [-0.39, 0.29) is 11.3 Å². The van der Waals surface area contributed by atoms with Crippen LogP contribution in [0.2, 0.25) is 0 Å². The molecule has 0 radical (unpaired) electrons. The third kappa shape index (κ3) is 3.80. The van der Waals surface area contributed by atoms with Crippen LogP contribution in [0.25, 0.3) is 0 Å². The van der Waals surface area contributed by atoms with Crippen LogP contribution in [-0.2, 0) is 12.8 Å². The van der Waals surface area contributed by atoms with Gasteiger partial charge < -0.3 is 5.32 Å². The summed E-state index contributed by atoms with van der Waals surface area (Å²) in [6, 6.07) is 9.54. The number of amides is 1. The Morgan fingerprint density at radius 3 is 2.60 bits per heavy atom. The molecule has 1 aliphatic rings. The normalized spacial score (nSPS) is 16.8. The van der Waals surface area contributed by atoms with Gasteiger partial charge in [0.1, 0.15) is 11.1 Å². The quantitative estimate of drug-likeness (QED) is 0.673. The monoisotopic (exact) mass is 416 g/mol. The fourth-order valence-electron chi connectivity index (χ4n) is 3.31. The molecule has 25 heavy (non-hydrogen) atoms. The minimum atomic E-state index is -0.171. The number of carbonyl (C=O) groups excluding carboxylic acids is 1. The lowest BCUT2D eigenvalue weighted by molar-refractivity contribution is 0.102. The van der Waals surface area contributed by atoms with Gasteiger partial charge in [0.15, 0.2) is 0 Å². The topological polar surface area (TPSA) is 52.9 Å². The largest absolute Gasteiger partial charge is 0.312 e. The standard InChI is InChI=1S/C20H21BrN2OS/c1-20(2,3)13-6-9-15-16(11-22)19(25-17(15)10-13)23-18(24)12-4-7-14(21)8-5-12/h4-5,7-8,13H,6,9-10H2,1-3H3,(H,23,24)/t13-/m1/s1. The van der Waals surface area contributed by atoms with E-state index in [1.165, 1.54) is 4.88 Å². The number of thiophene rings is 1. The van der Waals surface area contributed by atoms with Crippen molar-refractivity contribution in [2.75, 3.05) is 5.32 Å². The molecule has 3 nitrogen and oxygen atoms in total. The number of nitrogens with one attached hydrogen (secondary N) is 1. The van der Waals surface area contributed by atoms with Crippen LogP contribution >= 0.6 is 27.3 Å². The third-order valence-electron chi connectivity index (χ3n) is 4.94. The fourth-order valence-corrected chi connectivity index (χ4v) is 4.85. The minimum absolute atomic E-state index is 0.171. The molecular formula is C20H21BrN2OS. The molecule has 0 unspecified atom stereocenters. The van der Waals surface area contributed by atoms with E-state index in [2.05, 4.69) is 48.1 Å². The van der Waals surface area contributed by atoms with E-state index in [1.807, 2.05) is 12.1 Å². The summed E-state index contributed by atoms with van der Waals surface area (Å²) in [6.07, 6.45) is 3.01. The minimum Gasteiger partial charge on any atom is -0.312 e. The SMILES string of the molecule is CC(C)(C)[C@@H]1CCc2c(sc(NC(=O)c3ccc(Br)cc3)c2C#N)C1. The summed E-state index contributed by atoms with van der Waals surface area (Å²) in [7, 11) is 0. The molecule has 1 aromatic carbocycles. The summed E-state index contributed by atoms with van der Waals surface area (Å²) in [5, 5.41) is 13.2. The van der Waals surface area contributed by atoms with Crippen molar-refractivity contribution in [2.24, 2.45) is 11.3 Å². The van der Waals surface area contributed by atoms with E-state index in [9.17, 15) is 10.1 Å². The Morgan fingerprint density at radius 2 is 2.00 bits per heavy atom. The van der Waals surface area contributed by atoms with E-state index >= 15 is 0 Å². The number of hydrogen-bond acceptors (Lipinski definition) is 3. The zero-order chi connectivity index (χ0) is 18.2. The maximum absolute atomic E-state index is 12.5. The second-order valence-electron chi connectivity index (χ2n) is 7.59. The van der Waals surface area contributed by atoms with Gasteiger partial charge in [-0.05, 0) is 60.4 Å². The highest BCUT2D eigenvalue weighted by Crippen LogP contribution is 2.44. The Labute approximate surface area is 161 Å². The van der Waals surface area contributed by atoms with Crippen molar-refractivity contribution in [3.8, 4) is 6.07 Å². The van der Waals surface area contributed by atoms with Crippen molar-refractivity contribution >= 4 is 38.2 Å². The highest BCUT2D eigenvalue weighted by atomic mass is 79.9. The van der Waals surface area contributed by atoms with Gasteiger partial charge in [-0.2, -0.15) is 5.26 Å². The summed E-state index contributed by atoms with van der Waals surface area (Å²) in [6.45, 7) is 6.83. The maximum atomic E-state index is 12.5. The van der Waals surface area contributed by atoms with Crippen LogP contribution < -0.4 is 5.32 Å². The highest BCUT2D eigenvalue weighted by Gasteiger charge is 2.32. The van der Waals surface area contributed by atoms with Crippen molar-refractivity contribution in [1.82, 2.24) is 0 Å². The van der Waals surface area contributed by atoms with Gasteiger partial charge in [0, 0.05) is 14.9 Å². The molecule has 1 atom stereocenters. The average molecular weight is 417 g/mol. The van der Waals surface area contributed by atoms with Crippen LogP contribution in [-0.4, -0.2) is 5.91 Å². The van der Waals surface area contributed by atoms with Crippen molar-refractivity contribution in [1.29, 1.82) is 5.26 Å². The predicted molar refractivity (Wildman–Crippen MR) is 106 cm³/mol. The first-order chi connectivity index (χ1) is 11.8. The zero-order valence-corrected chi connectivity index (χ0v) is 17.1. The second-order valence-corrected chi connectivity index (χ2v) is 9.61. The summed E-state index contributed by atoms with van der Waals surface area (Å²) in [5.41, 5.74) is 2.64. The van der Waals surface area contributed by atoms with Gasteiger partial charge in [-0.3, -0.25) is 4.79 Å². The summed E-state index contributed by atoms with van der Waals surface area (Å²) < 4.78 is 0.932. The lowest BCUT2D eigenvalue weighted by atomic mass is 9.72.